The number of hydrogen-bond acceptors (Lipinski definition) is 3. The second kappa shape index (κ2) is 8.48. The maximum atomic E-state index is 4.61. The largest absolute Gasteiger partial charge is 0.294 e. The average molecular weight is 386 g/mol. The van der Waals surface area contributed by atoms with Crippen LogP contribution in [0.15, 0.2) is 73.4 Å². The lowest BCUT2D eigenvalue weighted by Crippen LogP contribution is -2.57. The number of hydrogen-bond donors (Lipinski definition) is 0. The Morgan fingerprint density at radius 2 is 1.90 bits per heavy atom. The first-order chi connectivity index (χ1) is 14.1. The molecule has 3 heteroatoms. The molecule has 150 valence electrons. The van der Waals surface area contributed by atoms with Gasteiger partial charge in [-0.2, -0.15) is 0 Å². The van der Waals surface area contributed by atoms with Crippen LogP contribution >= 0.6 is 0 Å². The molecule has 3 atom stereocenters. The topological polar surface area (TPSA) is 19.4 Å². The lowest BCUT2D eigenvalue weighted by molar-refractivity contribution is 0.0310. The van der Waals surface area contributed by atoms with E-state index in [0.717, 1.165) is 25.2 Å². The predicted molar refractivity (Wildman–Crippen MR) is 122 cm³/mol. The van der Waals surface area contributed by atoms with E-state index in [9.17, 15) is 0 Å². The number of rotatable bonds is 5. The number of benzene rings is 2. The van der Waals surface area contributed by atoms with Gasteiger partial charge >= 0.3 is 0 Å². The van der Waals surface area contributed by atoms with E-state index in [2.05, 4.69) is 96.7 Å². The quantitative estimate of drug-likeness (QED) is 0.562. The standard InChI is InChI=1S/C26H31N3/c1-5-15-28-17-21(4)29(18-20(28)3)26(22-10-8-9-19(2)16-22)24-13-14-27-25-12-7-6-11-23(24)25/h5-14,16,20-21,26H,1,15,17-18H2,2-4H3. The summed E-state index contributed by atoms with van der Waals surface area (Å²) in [5.41, 5.74) is 5.07. The van der Waals surface area contributed by atoms with Crippen molar-refractivity contribution in [2.45, 2.75) is 38.9 Å². The van der Waals surface area contributed by atoms with Crippen LogP contribution < -0.4 is 0 Å². The van der Waals surface area contributed by atoms with Crippen LogP contribution in [0.1, 0.15) is 36.6 Å². The summed E-state index contributed by atoms with van der Waals surface area (Å²) in [5, 5.41) is 1.25. The molecule has 3 aromatic rings. The van der Waals surface area contributed by atoms with Gasteiger partial charge in [-0.25, -0.2) is 0 Å². The highest BCUT2D eigenvalue weighted by molar-refractivity contribution is 5.82. The highest BCUT2D eigenvalue weighted by Crippen LogP contribution is 2.36. The minimum absolute atomic E-state index is 0.214. The molecular formula is C26H31N3. The van der Waals surface area contributed by atoms with Gasteiger partial charge in [-0.1, -0.05) is 54.1 Å². The van der Waals surface area contributed by atoms with Crippen molar-refractivity contribution >= 4 is 10.9 Å². The van der Waals surface area contributed by atoms with Gasteiger partial charge in [0.15, 0.2) is 0 Å². The minimum Gasteiger partial charge on any atom is -0.294 e. The lowest BCUT2D eigenvalue weighted by Gasteiger charge is -2.47. The molecule has 4 rings (SSSR count). The zero-order valence-electron chi connectivity index (χ0n) is 17.8. The molecule has 0 radical (unpaired) electrons. The fourth-order valence-corrected chi connectivity index (χ4v) is 4.75. The maximum absolute atomic E-state index is 4.61. The molecule has 3 nitrogen and oxygen atoms in total. The molecule has 0 amide bonds. The van der Waals surface area contributed by atoms with E-state index in [1.807, 2.05) is 12.3 Å². The number of nitrogens with zero attached hydrogens (tertiary/aromatic N) is 3. The molecule has 29 heavy (non-hydrogen) atoms. The molecular weight excluding hydrogens is 354 g/mol. The van der Waals surface area contributed by atoms with Gasteiger partial charge in [-0.3, -0.25) is 14.8 Å². The van der Waals surface area contributed by atoms with E-state index in [4.69, 9.17) is 0 Å². The van der Waals surface area contributed by atoms with Gasteiger partial charge in [0.05, 0.1) is 11.6 Å². The number of pyridine rings is 1. The van der Waals surface area contributed by atoms with Crippen molar-refractivity contribution in [2.75, 3.05) is 19.6 Å². The predicted octanol–water partition coefficient (Wildman–Crippen LogP) is 5.21. The molecule has 2 heterocycles. The molecule has 0 aliphatic carbocycles. The Kier molecular flexibility index (Phi) is 5.79. The third-order valence-electron chi connectivity index (χ3n) is 6.19. The van der Waals surface area contributed by atoms with Gasteiger partial charge in [-0.05, 0) is 44.0 Å². The van der Waals surface area contributed by atoms with Gasteiger partial charge in [0.1, 0.15) is 0 Å². The molecule has 0 saturated carbocycles. The SMILES string of the molecule is C=CCN1CC(C)N(C(c2cccc(C)c2)c2ccnc3ccccc23)CC1C. The Labute approximate surface area is 174 Å². The average Bonchev–Trinajstić information content (AvgIpc) is 2.72. The van der Waals surface area contributed by atoms with Crippen LogP contribution in [0.2, 0.25) is 0 Å². The Balaban J connectivity index is 1.82. The van der Waals surface area contributed by atoms with Crippen molar-refractivity contribution in [1.82, 2.24) is 14.8 Å². The Morgan fingerprint density at radius 1 is 1.07 bits per heavy atom. The van der Waals surface area contributed by atoms with Gasteiger partial charge in [0.25, 0.3) is 0 Å². The van der Waals surface area contributed by atoms with Crippen LogP contribution in [0.3, 0.4) is 0 Å². The van der Waals surface area contributed by atoms with Gasteiger partial charge in [-0.15, -0.1) is 6.58 Å². The summed E-state index contributed by atoms with van der Waals surface area (Å²) in [5.74, 6) is 0. The summed E-state index contributed by atoms with van der Waals surface area (Å²) >= 11 is 0. The number of aryl methyl sites for hydroxylation is 1. The van der Waals surface area contributed by atoms with Crippen molar-refractivity contribution in [3.8, 4) is 0 Å². The second-order valence-electron chi connectivity index (χ2n) is 8.37. The molecule has 1 saturated heterocycles. The van der Waals surface area contributed by atoms with Gasteiger partial charge in [0.2, 0.25) is 0 Å². The molecule has 1 fully saturated rings. The van der Waals surface area contributed by atoms with E-state index < -0.39 is 0 Å². The van der Waals surface area contributed by atoms with Crippen LogP contribution in [0.25, 0.3) is 10.9 Å². The Hall–Kier alpha value is -2.49. The van der Waals surface area contributed by atoms with Crippen LogP contribution in [0.4, 0.5) is 0 Å². The zero-order chi connectivity index (χ0) is 20.4. The smallest absolute Gasteiger partial charge is 0.0705 e. The van der Waals surface area contributed by atoms with Crippen molar-refractivity contribution in [1.29, 1.82) is 0 Å². The molecule has 1 aromatic heterocycles. The highest BCUT2D eigenvalue weighted by Gasteiger charge is 2.35. The Bertz CT molecular complexity index is 991. The molecule has 0 N–H and O–H groups in total. The van der Waals surface area contributed by atoms with E-state index in [1.54, 1.807) is 0 Å². The monoisotopic (exact) mass is 385 g/mol. The van der Waals surface area contributed by atoms with E-state index in [1.165, 1.54) is 22.1 Å². The van der Waals surface area contributed by atoms with Crippen LogP contribution in [-0.4, -0.2) is 46.5 Å². The number of fused-ring (bicyclic) bond motifs is 1. The van der Waals surface area contributed by atoms with Crippen molar-refractivity contribution in [3.05, 3.63) is 90.1 Å². The fourth-order valence-electron chi connectivity index (χ4n) is 4.75. The first kappa shape index (κ1) is 19.8. The minimum atomic E-state index is 0.214. The Morgan fingerprint density at radius 3 is 2.69 bits per heavy atom. The number of piperazine rings is 1. The van der Waals surface area contributed by atoms with Gasteiger partial charge in [0, 0.05) is 43.3 Å². The molecule has 0 spiro atoms. The van der Waals surface area contributed by atoms with E-state index >= 15 is 0 Å². The summed E-state index contributed by atoms with van der Waals surface area (Å²) in [6.07, 6.45) is 3.98. The molecule has 1 aliphatic heterocycles. The first-order valence-electron chi connectivity index (χ1n) is 10.6. The molecule has 2 aromatic carbocycles. The third-order valence-corrected chi connectivity index (χ3v) is 6.19. The summed E-state index contributed by atoms with van der Waals surface area (Å²) in [4.78, 5) is 9.83. The van der Waals surface area contributed by atoms with Crippen LogP contribution in [-0.2, 0) is 0 Å². The van der Waals surface area contributed by atoms with Crippen molar-refractivity contribution in [3.63, 3.8) is 0 Å². The molecule has 1 aliphatic rings. The van der Waals surface area contributed by atoms with Gasteiger partial charge < -0.3 is 0 Å². The summed E-state index contributed by atoms with van der Waals surface area (Å²) in [7, 11) is 0. The van der Waals surface area contributed by atoms with Crippen molar-refractivity contribution in [2.24, 2.45) is 0 Å². The second-order valence-corrected chi connectivity index (χ2v) is 8.37. The van der Waals surface area contributed by atoms with Crippen LogP contribution in [0.5, 0.6) is 0 Å². The molecule has 0 bridgehead atoms. The van der Waals surface area contributed by atoms with E-state index in [-0.39, 0.29) is 6.04 Å². The highest BCUT2D eigenvalue weighted by atomic mass is 15.3. The molecule has 3 unspecified atom stereocenters. The van der Waals surface area contributed by atoms with Crippen LogP contribution in [0, 0.1) is 6.92 Å². The zero-order valence-corrected chi connectivity index (χ0v) is 17.8. The fraction of sp³-hybridized carbons (Fsp3) is 0.346. The number of aromatic nitrogens is 1. The normalized spacial score (nSPS) is 21.9. The first-order valence-corrected chi connectivity index (χ1v) is 10.6. The maximum Gasteiger partial charge on any atom is 0.0705 e. The summed E-state index contributed by atoms with van der Waals surface area (Å²) < 4.78 is 0. The third kappa shape index (κ3) is 3.98. The summed E-state index contributed by atoms with van der Waals surface area (Å²) in [6.45, 7) is 13.9. The van der Waals surface area contributed by atoms with Crippen molar-refractivity contribution < 1.29 is 0 Å². The summed E-state index contributed by atoms with van der Waals surface area (Å²) in [6, 6.07) is 20.9. The van der Waals surface area contributed by atoms with E-state index in [0.29, 0.717) is 12.1 Å². The lowest BCUT2D eigenvalue weighted by atomic mass is 9.91. The number of para-hydroxylation sites is 1.